The minimum Gasteiger partial charge on any atom is -0.393 e. The molecule has 1 fully saturated rings. The van der Waals surface area contributed by atoms with Gasteiger partial charge < -0.3 is 20.1 Å². The molecule has 0 spiro atoms. The van der Waals surface area contributed by atoms with Crippen LogP contribution in [-0.4, -0.2) is 36.9 Å². The van der Waals surface area contributed by atoms with E-state index in [0.717, 1.165) is 48.0 Å². The van der Waals surface area contributed by atoms with Crippen LogP contribution in [0, 0.1) is 0 Å². The average Bonchev–Trinajstić information content (AvgIpc) is 3.07. The maximum Gasteiger partial charge on any atom is 0.224 e. The number of aliphatic hydroxyl groups is 2. The van der Waals surface area contributed by atoms with Crippen molar-refractivity contribution in [2.24, 2.45) is 0 Å². The van der Waals surface area contributed by atoms with Gasteiger partial charge in [-0.25, -0.2) is 4.98 Å². The Morgan fingerprint density at radius 1 is 1.11 bits per heavy atom. The van der Waals surface area contributed by atoms with Crippen LogP contribution in [0.25, 0.3) is 16.7 Å². The Labute approximate surface area is 158 Å². The second-order valence-electron chi connectivity index (χ2n) is 7.87. The topological polar surface area (TPSA) is 83.2 Å². The first-order valence-electron chi connectivity index (χ1n) is 9.53. The molecule has 4 rings (SSSR count). The van der Waals surface area contributed by atoms with Crippen LogP contribution in [0.2, 0.25) is 0 Å². The molecule has 142 valence electrons. The molecule has 0 radical (unpaired) electrons. The van der Waals surface area contributed by atoms with E-state index in [2.05, 4.69) is 15.3 Å². The number of nitrogens with one attached hydrogen (secondary N) is 1. The molecule has 0 atom stereocenters. The van der Waals surface area contributed by atoms with Crippen molar-refractivity contribution in [3.63, 3.8) is 0 Å². The normalized spacial score (nSPS) is 20.7. The van der Waals surface area contributed by atoms with Gasteiger partial charge in [0.2, 0.25) is 5.95 Å². The van der Waals surface area contributed by atoms with Crippen molar-refractivity contribution in [1.82, 2.24) is 14.5 Å². The molecule has 1 aliphatic carbocycles. The first-order valence-corrected chi connectivity index (χ1v) is 9.53. The fraction of sp³-hybridized carbons (Fsp3) is 0.429. The van der Waals surface area contributed by atoms with Crippen molar-refractivity contribution in [3.8, 4) is 5.82 Å². The minimum absolute atomic E-state index is 0.175. The van der Waals surface area contributed by atoms with Crippen LogP contribution in [0.3, 0.4) is 0 Å². The molecule has 2 aromatic heterocycles. The van der Waals surface area contributed by atoms with Gasteiger partial charge in [0.15, 0.2) is 0 Å². The number of hydrogen-bond donors (Lipinski definition) is 3. The molecule has 27 heavy (non-hydrogen) atoms. The first kappa shape index (κ1) is 17.9. The SMILES string of the molecule is CC(C)(O)c1cccc2c1ccn2-c1ccnc(NC2CCC(O)CC2)n1. The van der Waals surface area contributed by atoms with Gasteiger partial charge in [-0.2, -0.15) is 4.98 Å². The second-order valence-corrected chi connectivity index (χ2v) is 7.87. The van der Waals surface area contributed by atoms with E-state index in [1.54, 1.807) is 20.0 Å². The maximum atomic E-state index is 10.4. The fourth-order valence-corrected chi connectivity index (χ4v) is 3.86. The number of hydrogen-bond acceptors (Lipinski definition) is 5. The van der Waals surface area contributed by atoms with Crippen molar-refractivity contribution < 1.29 is 10.2 Å². The average molecular weight is 366 g/mol. The summed E-state index contributed by atoms with van der Waals surface area (Å²) in [6.45, 7) is 3.60. The van der Waals surface area contributed by atoms with Gasteiger partial charge in [-0.1, -0.05) is 12.1 Å². The molecule has 1 saturated carbocycles. The van der Waals surface area contributed by atoms with E-state index in [0.29, 0.717) is 12.0 Å². The lowest BCUT2D eigenvalue weighted by molar-refractivity contribution is 0.0802. The van der Waals surface area contributed by atoms with Crippen LogP contribution in [0.5, 0.6) is 0 Å². The van der Waals surface area contributed by atoms with Gasteiger partial charge in [0.1, 0.15) is 5.82 Å². The molecule has 3 N–H and O–H groups in total. The van der Waals surface area contributed by atoms with E-state index in [1.807, 2.05) is 41.1 Å². The van der Waals surface area contributed by atoms with E-state index in [4.69, 9.17) is 0 Å². The van der Waals surface area contributed by atoms with Crippen molar-refractivity contribution in [1.29, 1.82) is 0 Å². The summed E-state index contributed by atoms with van der Waals surface area (Å²) in [5, 5.41) is 24.5. The molecule has 0 aliphatic heterocycles. The van der Waals surface area contributed by atoms with Crippen molar-refractivity contribution >= 4 is 16.9 Å². The van der Waals surface area contributed by atoms with E-state index < -0.39 is 5.60 Å². The monoisotopic (exact) mass is 366 g/mol. The van der Waals surface area contributed by atoms with E-state index in [-0.39, 0.29) is 6.10 Å². The molecule has 1 aliphatic rings. The van der Waals surface area contributed by atoms with Crippen LogP contribution in [0.1, 0.15) is 45.1 Å². The third-order valence-electron chi connectivity index (χ3n) is 5.31. The Kier molecular flexibility index (Phi) is 4.61. The summed E-state index contributed by atoms with van der Waals surface area (Å²) in [6, 6.07) is 10.1. The van der Waals surface area contributed by atoms with Crippen molar-refractivity contribution in [3.05, 3.63) is 48.3 Å². The Bertz CT molecular complexity index is 937. The van der Waals surface area contributed by atoms with E-state index in [1.165, 1.54) is 0 Å². The Balaban J connectivity index is 1.64. The number of anilines is 1. The lowest BCUT2D eigenvalue weighted by atomic mass is 9.93. The Morgan fingerprint density at radius 2 is 1.89 bits per heavy atom. The Hall–Kier alpha value is -2.44. The van der Waals surface area contributed by atoms with Gasteiger partial charge in [-0.15, -0.1) is 0 Å². The van der Waals surface area contributed by atoms with Crippen LogP contribution in [0.15, 0.2) is 42.7 Å². The van der Waals surface area contributed by atoms with Gasteiger partial charge >= 0.3 is 0 Å². The third-order valence-corrected chi connectivity index (χ3v) is 5.31. The zero-order valence-electron chi connectivity index (χ0n) is 15.8. The summed E-state index contributed by atoms with van der Waals surface area (Å²) in [4.78, 5) is 9.05. The van der Waals surface area contributed by atoms with Crippen LogP contribution in [-0.2, 0) is 5.60 Å². The van der Waals surface area contributed by atoms with Crippen LogP contribution < -0.4 is 5.32 Å². The standard InChI is InChI=1S/C21H26N4O2/c1-21(2,27)17-4-3-5-18-16(17)11-13-25(18)19-10-12-22-20(24-19)23-14-6-8-15(26)9-7-14/h3-5,10-15,26-27H,6-9H2,1-2H3,(H,22,23,24). The van der Waals surface area contributed by atoms with E-state index in [9.17, 15) is 10.2 Å². The molecule has 2 heterocycles. The highest BCUT2D eigenvalue weighted by atomic mass is 16.3. The highest BCUT2D eigenvalue weighted by Crippen LogP contribution is 2.30. The van der Waals surface area contributed by atoms with Gasteiger partial charge in [-0.3, -0.25) is 0 Å². The molecule has 3 aromatic rings. The van der Waals surface area contributed by atoms with E-state index >= 15 is 0 Å². The van der Waals surface area contributed by atoms with Gasteiger partial charge in [0.25, 0.3) is 0 Å². The molecule has 0 bridgehead atoms. The lowest BCUT2D eigenvalue weighted by Crippen LogP contribution is -2.29. The molecule has 6 heteroatoms. The lowest BCUT2D eigenvalue weighted by Gasteiger charge is -2.26. The largest absolute Gasteiger partial charge is 0.393 e. The zero-order valence-corrected chi connectivity index (χ0v) is 15.8. The van der Waals surface area contributed by atoms with Crippen LogP contribution >= 0.6 is 0 Å². The Morgan fingerprint density at radius 3 is 2.63 bits per heavy atom. The molecule has 6 nitrogen and oxygen atoms in total. The van der Waals surface area contributed by atoms with Gasteiger partial charge in [0, 0.05) is 23.8 Å². The number of rotatable bonds is 4. The number of benzene rings is 1. The van der Waals surface area contributed by atoms with Crippen molar-refractivity contribution in [2.45, 2.75) is 57.3 Å². The quantitative estimate of drug-likeness (QED) is 0.659. The molecule has 0 amide bonds. The molecular formula is C21H26N4O2. The minimum atomic E-state index is -0.907. The predicted octanol–water partition coefficient (Wildman–Crippen LogP) is 3.36. The molecule has 0 unspecified atom stereocenters. The number of fused-ring (bicyclic) bond motifs is 1. The summed E-state index contributed by atoms with van der Waals surface area (Å²) in [5.74, 6) is 1.39. The van der Waals surface area contributed by atoms with Crippen molar-refractivity contribution in [2.75, 3.05) is 5.32 Å². The summed E-state index contributed by atoms with van der Waals surface area (Å²) < 4.78 is 2.02. The number of aromatic nitrogens is 3. The smallest absolute Gasteiger partial charge is 0.224 e. The summed E-state index contributed by atoms with van der Waals surface area (Å²) in [6.07, 6.45) is 7.05. The van der Waals surface area contributed by atoms with Gasteiger partial charge in [0.05, 0.1) is 17.2 Å². The highest BCUT2D eigenvalue weighted by Gasteiger charge is 2.21. The molecular weight excluding hydrogens is 340 g/mol. The molecule has 0 saturated heterocycles. The maximum absolute atomic E-state index is 10.4. The van der Waals surface area contributed by atoms with Crippen LogP contribution in [0.4, 0.5) is 5.95 Å². The molecule has 1 aromatic carbocycles. The fourth-order valence-electron chi connectivity index (χ4n) is 3.86. The summed E-state index contributed by atoms with van der Waals surface area (Å²) >= 11 is 0. The highest BCUT2D eigenvalue weighted by molar-refractivity contribution is 5.85. The number of aliphatic hydroxyl groups excluding tert-OH is 1. The zero-order chi connectivity index (χ0) is 19.0. The summed E-state index contributed by atoms with van der Waals surface area (Å²) in [7, 11) is 0. The van der Waals surface area contributed by atoms with Gasteiger partial charge in [-0.05, 0) is 63.3 Å². The second kappa shape index (κ2) is 6.94. The summed E-state index contributed by atoms with van der Waals surface area (Å²) in [5.41, 5.74) is 0.988. The first-order chi connectivity index (χ1) is 12.9. The number of nitrogens with zero attached hydrogens (tertiary/aromatic N) is 3. The predicted molar refractivity (Wildman–Crippen MR) is 106 cm³/mol. The third kappa shape index (κ3) is 3.68.